The zero-order valence-corrected chi connectivity index (χ0v) is 17.1. The highest BCUT2D eigenvalue weighted by Gasteiger charge is 2.72. The number of methoxy groups -OCH3 is 1. The number of carbonyl (C=O) groups is 1. The van der Waals surface area contributed by atoms with Crippen LogP contribution >= 0.6 is 0 Å². The van der Waals surface area contributed by atoms with Crippen LogP contribution in [0.5, 0.6) is 0 Å². The SMILES string of the molecule is C=CCN1C(=O)[C@H]2[C@H](C3c4ccccc4C2(C(C)OC)c2ccccc23)[C@]1(C)O. The third kappa shape index (κ3) is 1.99. The number of rotatable bonds is 4. The van der Waals surface area contributed by atoms with E-state index in [-0.39, 0.29) is 29.8 Å². The molecule has 1 amide bonds. The topological polar surface area (TPSA) is 49.8 Å². The van der Waals surface area contributed by atoms with Gasteiger partial charge >= 0.3 is 0 Å². The van der Waals surface area contributed by atoms with E-state index in [1.807, 2.05) is 12.1 Å². The molecule has 1 unspecified atom stereocenters. The highest BCUT2D eigenvalue weighted by atomic mass is 16.5. The van der Waals surface area contributed by atoms with E-state index < -0.39 is 11.1 Å². The summed E-state index contributed by atoms with van der Waals surface area (Å²) in [5.41, 5.74) is 2.81. The fourth-order valence-corrected chi connectivity index (χ4v) is 6.63. The van der Waals surface area contributed by atoms with Gasteiger partial charge in [-0.05, 0) is 36.1 Å². The predicted molar refractivity (Wildman–Crippen MR) is 111 cm³/mol. The average molecular weight is 389 g/mol. The Balaban J connectivity index is 1.91. The van der Waals surface area contributed by atoms with Crippen molar-refractivity contribution in [3.05, 3.63) is 83.4 Å². The van der Waals surface area contributed by atoms with Crippen molar-refractivity contribution in [3.8, 4) is 0 Å². The molecule has 0 radical (unpaired) electrons. The maximum atomic E-state index is 13.8. The summed E-state index contributed by atoms with van der Waals surface area (Å²) in [5.74, 6) is -0.690. The molecule has 1 heterocycles. The van der Waals surface area contributed by atoms with Crippen LogP contribution in [0.15, 0.2) is 61.2 Å². The van der Waals surface area contributed by atoms with Crippen molar-refractivity contribution in [1.29, 1.82) is 0 Å². The standard InChI is InChI=1S/C25H27NO3/c1-5-14-26-23(27)22-21(24(26,3)28)20-16-10-6-8-12-18(16)25(22,15(2)29-4)19-13-9-7-11-17(19)20/h5-13,15,20-22,28H,1,14H2,2-4H3/t15?,20?,21-,22+,24-,25?/m0/s1. The van der Waals surface area contributed by atoms with Gasteiger partial charge in [0.05, 0.1) is 17.4 Å². The summed E-state index contributed by atoms with van der Waals surface area (Å²) in [6.45, 7) is 7.98. The maximum Gasteiger partial charge on any atom is 0.230 e. The lowest BCUT2D eigenvalue weighted by Crippen LogP contribution is -2.60. The van der Waals surface area contributed by atoms with Gasteiger partial charge < -0.3 is 14.7 Å². The molecule has 2 aromatic rings. The highest BCUT2D eigenvalue weighted by Crippen LogP contribution is 2.68. The fourth-order valence-electron chi connectivity index (χ4n) is 6.63. The number of amides is 1. The molecule has 0 aromatic heterocycles. The lowest BCUT2D eigenvalue weighted by molar-refractivity contribution is -0.145. The second-order valence-electron chi connectivity index (χ2n) is 8.73. The van der Waals surface area contributed by atoms with Gasteiger partial charge in [0.1, 0.15) is 5.72 Å². The summed E-state index contributed by atoms with van der Waals surface area (Å²) in [4.78, 5) is 15.5. The zero-order valence-electron chi connectivity index (χ0n) is 17.1. The molecule has 4 atom stereocenters. The van der Waals surface area contributed by atoms with Gasteiger partial charge in [0.15, 0.2) is 0 Å². The summed E-state index contributed by atoms with van der Waals surface area (Å²) in [6, 6.07) is 16.8. The van der Waals surface area contributed by atoms with E-state index in [9.17, 15) is 9.90 Å². The van der Waals surface area contributed by atoms with Gasteiger partial charge in [-0.1, -0.05) is 54.6 Å². The summed E-state index contributed by atoms with van der Waals surface area (Å²) >= 11 is 0. The molecule has 3 aliphatic carbocycles. The monoisotopic (exact) mass is 389 g/mol. The van der Waals surface area contributed by atoms with Crippen molar-refractivity contribution in [2.75, 3.05) is 13.7 Å². The molecule has 29 heavy (non-hydrogen) atoms. The van der Waals surface area contributed by atoms with Crippen molar-refractivity contribution in [2.45, 2.75) is 37.0 Å². The highest BCUT2D eigenvalue weighted by molar-refractivity contribution is 5.88. The van der Waals surface area contributed by atoms with Gasteiger partial charge in [0.2, 0.25) is 5.91 Å². The smallest absolute Gasteiger partial charge is 0.230 e. The molecule has 1 N–H and O–H groups in total. The molecule has 6 rings (SSSR count). The molecule has 0 spiro atoms. The number of hydrogen-bond acceptors (Lipinski definition) is 3. The second kappa shape index (κ2) is 6.04. The number of benzene rings is 2. The first kappa shape index (κ1) is 18.6. The number of aliphatic hydroxyl groups is 1. The molecular weight excluding hydrogens is 362 g/mol. The molecule has 2 aromatic carbocycles. The van der Waals surface area contributed by atoms with Crippen LogP contribution in [0.2, 0.25) is 0 Å². The zero-order chi connectivity index (χ0) is 20.6. The largest absolute Gasteiger partial charge is 0.380 e. The van der Waals surface area contributed by atoms with Crippen LogP contribution in [0.1, 0.15) is 42.0 Å². The van der Waals surface area contributed by atoms with Crippen LogP contribution in [0, 0.1) is 11.8 Å². The first-order valence-corrected chi connectivity index (χ1v) is 10.3. The van der Waals surface area contributed by atoms with Gasteiger partial charge in [-0.15, -0.1) is 6.58 Å². The Morgan fingerprint density at radius 2 is 1.72 bits per heavy atom. The summed E-state index contributed by atoms with van der Waals surface area (Å²) in [7, 11) is 1.71. The van der Waals surface area contributed by atoms with E-state index in [1.54, 1.807) is 25.0 Å². The summed E-state index contributed by atoms with van der Waals surface area (Å²) in [6.07, 6.45) is 1.46. The van der Waals surface area contributed by atoms with E-state index in [4.69, 9.17) is 4.74 Å². The second-order valence-corrected chi connectivity index (χ2v) is 8.73. The Bertz CT molecular complexity index is 963. The van der Waals surface area contributed by atoms with Gasteiger partial charge in [-0.2, -0.15) is 0 Å². The number of ether oxygens (including phenoxy) is 1. The van der Waals surface area contributed by atoms with Gasteiger partial charge in [0, 0.05) is 25.5 Å². The Morgan fingerprint density at radius 3 is 2.24 bits per heavy atom. The average Bonchev–Trinajstić information content (AvgIpc) is 2.94. The van der Waals surface area contributed by atoms with Crippen LogP contribution in [0.4, 0.5) is 0 Å². The molecule has 150 valence electrons. The van der Waals surface area contributed by atoms with Crippen LogP contribution < -0.4 is 0 Å². The molecular formula is C25H27NO3. The minimum absolute atomic E-state index is 0.0159. The lowest BCUT2D eigenvalue weighted by Gasteiger charge is -2.58. The van der Waals surface area contributed by atoms with Crippen LogP contribution in [-0.4, -0.2) is 41.4 Å². The van der Waals surface area contributed by atoms with Crippen molar-refractivity contribution in [2.24, 2.45) is 11.8 Å². The molecule has 2 bridgehead atoms. The van der Waals surface area contributed by atoms with Crippen LogP contribution in [-0.2, 0) is 14.9 Å². The Hall–Kier alpha value is -2.43. The van der Waals surface area contributed by atoms with E-state index in [0.29, 0.717) is 6.54 Å². The third-order valence-corrected chi connectivity index (χ3v) is 7.71. The quantitative estimate of drug-likeness (QED) is 0.815. The molecule has 4 aliphatic rings. The van der Waals surface area contributed by atoms with Crippen molar-refractivity contribution in [1.82, 2.24) is 4.90 Å². The maximum absolute atomic E-state index is 13.8. The third-order valence-electron chi connectivity index (χ3n) is 7.71. The first-order valence-electron chi connectivity index (χ1n) is 10.3. The minimum atomic E-state index is -1.26. The number of carbonyl (C=O) groups excluding carboxylic acids is 1. The van der Waals surface area contributed by atoms with E-state index in [1.165, 1.54) is 11.1 Å². The Labute approximate surface area is 171 Å². The van der Waals surface area contributed by atoms with Gasteiger partial charge in [-0.3, -0.25) is 4.79 Å². The van der Waals surface area contributed by atoms with Crippen molar-refractivity contribution in [3.63, 3.8) is 0 Å². The summed E-state index contributed by atoms with van der Waals surface area (Å²) < 4.78 is 5.97. The first-order chi connectivity index (χ1) is 13.9. The van der Waals surface area contributed by atoms with E-state index in [2.05, 4.69) is 49.9 Å². The molecule has 1 aliphatic heterocycles. The summed E-state index contributed by atoms with van der Waals surface area (Å²) in [5, 5.41) is 11.7. The molecule has 4 heteroatoms. The lowest BCUT2D eigenvalue weighted by atomic mass is 9.45. The molecule has 1 fully saturated rings. The molecule has 4 nitrogen and oxygen atoms in total. The minimum Gasteiger partial charge on any atom is -0.380 e. The van der Waals surface area contributed by atoms with Crippen molar-refractivity contribution < 1.29 is 14.6 Å². The Kier molecular flexibility index (Phi) is 3.87. The molecule has 1 saturated heterocycles. The van der Waals surface area contributed by atoms with Crippen molar-refractivity contribution >= 4 is 5.91 Å². The van der Waals surface area contributed by atoms with E-state index in [0.717, 1.165) is 11.1 Å². The molecule has 0 saturated carbocycles. The number of hydrogen-bond donors (Lipinski definition) is 1. The fraction of sp³-hybridized carbons (Fsp3) is 0.400. The van der Waals surface area contributed by atoms with E-state index >= 15 is 0 Å². The van der Waals surface area contributed by atoms with Crippen LogP contribution in [0.3, 0.4) is 0 Å². The number of nitrogens with zero attached hydrogens (tertiary/aromatic N) is 1. The number of likely N-dealkylation sites (tertiary alicyclic amines) is 1. The van der Waals surface area contributed by atoms with Gasteiger partial charge in [-0.25, -0.2) is 0 Å². The van der Waals surface area contributed by atoms with Crippen LogP contribution in [0.25, 0.3) is 0 Å². The normalized spacial score (nSPS) is 35.1. The predicted octanol–water partition coefficient (Wildman–Crippen LogP) is 3.44. The Morgan fingerprint density at radius 1 is 1.17 bits per heavy atom. The van der Waals surface area contributed by atoms with Gasteiger partial charge in [0.25, 0.3) is 0 Å².